The minimum Gasteiger partial charge on any atom is -0.352 e. The van der Waals surface area contributed by atoms with E-state index in [4.69, 9.17) is 0 Å². The number of pyridine rings is 1. The van der Waals surface area contributed by atoms with Gasteiger partial charge in [0.05, 0.1) is 5.69 Å². The van der Waals surface area contributed by atoms with Crippen molar-refractivity contribution in [3.05, 3.63) is 70.8 Å². The van der Waals surface area contributed by atoms with Crippen molar-refractivity contribution in [2.45, 2.75) is 0 Å². The second-order valence-corrected chi connectivity index (χ2v) is 7.19. The molecule has 4 rings (SSSR count). The summed E-state index contributed by atoms with van der Waals surface area (Å²) in [6.07, 6.45) is 1.74. The van der Waals surface area contributed by atoms with Crippen LogP contribution in [0.25, 0.3) is 11.4 Å². The van der Waals surface area contributed by atoms with Gasteiger partial charge in [-0.15, -0.1) is 10.2 Å². The van der Waals surface area contributed by atoms with Crippen LogP contribution in [0.4, 0.5) is 5.82 Å². The molecule has 7 heteroatoms. The normalized spacial score (nSPS) is 14.3. The van der Waals surface area contributed by atoms with Gasteiger partial charge in [-0.3, -0.25) is 9.78 Å². The van der Waals surface area contributed by atoms with Crippen molar-refractivity contribution in [3.63, 3.8) is 0 Å². The molecule has 1 fully saturated rings. The van der Waals surface area contributed by atoms with Crippen LogP contribution in [0.1, 0.15) is 10.4 Å². The molecule has 0 N–H and O–H groups in total. The van der Waals surface area contributed by atoms with Gasteiger partial charge < -0.3 is 9.80 Å². The second kappa shape index (κ2) is 7.84. The number of benzene rings is 1. The molecule has 3 aromatic rings. The first-order valence-electron chi connectivity index (χ1n) is 8.75. The maximum atomic E-state index is 12.6. The summed E-state index contributed by atoms with van der Waals surface area (Å²) in [7, 11) is 0. The van der Waals surface area contributed by atoms with E-state index in [1.807, 2.05) is 59.5 Å². The third-order valence-corrected chi connectivity index (χ3v) is 5.09. The molecule has 0 atom stereocenters. The summed E-state index contributed by atoms with van der Waals surface area (Å²) in [5, 5.41) is 8.64. The summed E-state index contributed by atoms with van der Waals surface area (Å²) < 4.78 is 0.969. The molecule has 1 amide bonds. The number of halogens is 1. The molecule has 6 nitrogen and oxygen atoms in total. The van der Waals surface area contributed by atoms with Gasteiger partial charge in [-0.1, -0.05) is 22.0 Å². The van der Waals surface area contributed by atoms with Gasteiger partial charge in [0.25, 0.3) is 5.91 Å². The van der Waals surface area contributed by atoms with E-state index < -0.39 is 0 Å². The van der Waals surface area contributed by atoms with E-state index in [-0.39, 0.29) is 5.91 Å². The van der Waals surface area contributed by atoms with Crippen molar-refractivity contribution >= 4 is 27.7 Å². The zero-order valence-corrected chi connectivity index (χ0v) is 16.2. The van der Waals surface area contributed by atoms with Gasteiger partial charge in [-0.25, -0.2) is 0 Å². The average Bonchev–Trinajstić information content (AvgIpc) is 2.75. The minimum atomic E-state index is 0.0683. The lowest BCUT2D eigenvalue weighted by atomic mass is 10.2. The standard InChI is InChI=1S/C20H18BrN5O/c21-16-6-4-15(5-7-16)20(27)26-13-11-25(12-14-26)19-9-8-18(23-24-19)17-3-1-2-10-22-17/h1-10H,11-14H2. The number of hydrogen-bond donors (Lipinski definition) is 0. The lowest BCUT2D eigenvalue weighted by Crippen LogP contribution is -2.49. The molecule has 1 aromatic carbocycles. The van der Waals surface area contributed by atoms with Crippen LogP contribution in [0.15, 0.2) is 65.3 Å². The largest absolute Gasteiger partial charge is 0.352 e. The Morgan fingerprint density at radius 2 is 1.63 bits per heavy atom. The maximum absolute atomic E-state index is 12.6. The number of amides is 1. The van der Waals surface area contributed by atoms with Crippen molar-refractivity contribution in [3.8, 4) is 11.4 Å². The summed E-state index contributed by atoms with van der Waals surface area (Å²) in [4.78, 5) is 20.9. The van der Waals surface area contributed by atoms with Crippen molar-refractivity contribution in [1.29, 1.82) is 0 Å². The number of aromatic nitrogens is 3. The SMILES string of the molecule is O=C(c1ccc(Br)cc1)N1CCN(c2ccc(-c3ccccn3)nn2)CC1. The number of anilines is 1. The van der Waals surface area contributed by atoms with Crippen LogP contribution in [0.2, 0.25) is 0 Å². The minimum absolute atomic E-state index is 0.0683. The fourth-order valence-electron chi connectivity index (χ4n) is 3.06. The Labute approximate surface area is 166 Å². The molecule has 1 saturated heterocycles. The van der Waals surface area contributed by atoms with E-state index >= 15 is 0 Å². The molecule has 27 heavy (non-hydrogen) atoms. The number of piperazine rings is 1. The predicted octanol–water partition coefficient (Wildman–Crippen LogP) is 3.26. The Kier molecular flexibility index (Phi) is 5.11. The van der Waals surface area contributed by atoms with Crippen LogP contribution >= 0.6 is 15.9 Å². The number of rotatable bonds is 3. The summed E-state index contributed by atoms with van der Waals surface area (Å²) in [6, 6.07) is 17.1. The highest BCUT2D eigenvalue weighted by atomic mass is 79.9. The molecule has 1 aliphatic rings. The third kappa shape index (κ3) is 3.98. The molecule has 2 aromatic heterocycles. The molecule has 0 aliphatic carbocycles. The Morgan fingerprint density at radius 3 is 2.26 bits per heavy atom. The van der Waals surface area contributed by atoms with Gasteiger partial charge in [-0.05, 0) is 48.5 Å². The van der Waals surface area contributed by atoms with Gasteiger partial charge in [0.2, 0.25) is 0 Å². The Bertz CT molecular complexity index is 907. The Hall–Kier alpha value is -2.80. The quantitative estimate of drug-likeness (QED) is 0.646. The van der Waals surface area contributed by atoms with E-state index in [2.05, 4.69) is 36.0 Å². The molecule has 3 heterocycles. The zero-order valence-electron chi connectivity index (χ0n) is 14.6. The highest BCUT2D eigenvalue weighted by molar-refractivity contribution is 9.10. The molecule has 0 saturated carbocycles. The molecule has 0 bridgehead atoms. The average molecular weight is 424 g/mol. The van der Waals surface area contributed by atoms with Gasteiger partial charge in [0.15, 0.2) is 5.82 Å². The smallest absolute Gasteiger partial charge is 0.253 e. The summed E-state index contributed by atoms with van der Waals surface area (Å²) >= 11 is 3.40. The highest BCUT2D eigenvalue weighted by Gasteiger charge is 2.23. The number of hydrogen-bond acceptors (Lipinski definition) is 5. The molecule has 0 radical (unpaired) electrons. The zero-order chi connectivity index (χ0) is 18.6. The Morgan fingerprint density at radius 1 is 0.852 bits per heavy atom. The van der Waals surface area contributed by atoms with Crippen LogP contribution < -0.4 is 4.90 Å². The van der Waals surface area contributed by atoms with Crippen LogP contribution in [0.3, 0.4) is 0 Å². The van der Waals surface area contributed by atoms with Crippen molar-refractivity contribution in [1.82, 2.24) is 20.1 Å². The maximum Gasteiger partial charge on any atom is 0.253 e. The van der Waals surface area contributed by atoms with Gasteiger partial charge in [0.1, 0.15) is 5.69 Å². The van der Waals surface area contributed by atoms with Gasteiger partial charge in [-0.2, -0.15) is 0 Å². The van der Waals surface area contributed by atoms with Crippen LogP contribution in [0, 0.1) is 0 Å². The number of nitrogens with zero attached hydrogens (tertiary/aromatic N) is 5. The van der Waals surface area contributed by atoms with E-state index in [1.54, 1.807) is 6.20 Å². The molecule has 1 aliphatic heterocycles. The summed E-state index contributed by atoms with van der Waals surface area (Å²) in [6.45, 7) is 2.80. The van der Waals surface area contributed by atoms with Crippen molar-refractivity contribution in [2.24, 2.45) is 0 Å². The number of carbonyl (C=O) groups excluding carboxylic acids is 1. The van der Waals surface area contributed by atoms with Gasteiger partial charge >= 0.3 is 0 Å². The topological polar surface area (TPSA) is 62.2 Å². The van der Waals surface area contributed by atoms with E-state index in [1.165, 1.54) is 0 Å². The lowest BCUT2D eigenvalue weighted by molar-refractivity contribution is 0.0746. The van der Waals surface area contributed by atoms with E-state index in [0.29, 0.717) is 18.7 Å². The van der Waals surface area contributed by atoms with Crippen molar-refractivity contribution < 1.29 is 4.79 Å². The molecule has 136 valence electrons. The first-order valence-corrected chi connectivity index (χ1v) is 9.55. The van der Waals surface area contributed by atoms with Crippen LogP contribution in [-0.2, 0) is 0 Å². The van der Waals surface area contributed by atoms with E-state index in [9.17, 15) is 4.79 Å². The molecule has 0 unspecified atom stereocenters. The fraction of sp³-hybridized carbons (Fsp3) is 0.200. The predicted molar refractivity (Wildman–Crippen MR) is 108 cm³/mol. The van der Waals surface area contributed by atoms with Crippen LogP contribution in [0.5, 0.6) is 0 Å². The van der Waals surface area contributed by atoms with Gasteiger partial charge in [0, 0.05) is 42.4 Å². The molecular weight excluding hydrogens is 406 g/mol. The molecule has 0 spiro atoms. The monoisotopic (exact) mass is 423 g/mol. The third-order valence-electron chi connectivity index (χ3n) is 4.56. The highest BCUT2D eigenvalue weighted by Crippen LogP contribution is 2.19. The summed E-state index contributed by atoms with van der Waals surface area (Å²) in [5.74, 6) is 0.893. The van der Waals surface area contributed by atoms with E-state index in [0.717, 1.165) is 34.8 Å². The van der Waals surface area contributed by atoms with Crippen LogP contribution in [-0.4, -0.2) is 52.2 Å². The first-order chi connectivity index (χ1) is 13.2. The van der Waals surface area contributed by atoms with Crippen molar-refractivity contribution in [2.75, 3.05) is 31.1 Å². The fourth-order valence-corrected chi connectivity index (χ4v) is 3.32. The first kappa shape index (κ1) is 17.6. The Balaban J connectivity index is 1.39. The number of carbonyl (C=O) groups is 1. The second-order valence-electron chi connectivity index (χ2n) is 6.28. The molecular formula is C20H18BrN5O. The summed E-state index contributed by atoms with van der Waals surface area (Å²) in [5.41, 5.74) is 2.27. The lowest BCUT2D eigenvalue weighted by Gasteiger charge is -2.35.